The van der Waals surface area contributed by atoms with Crippen molar-refractivity contribution >= 4 is 21.7 Å². The van der Waals surface area contributed by atoms with E-state index in [4.69, 9.17) is 5.11 Å². The van der Waals surface area contributed by atoms with Crippen molar-refractivity contribution in [2.45, 2.75) is 0 Å². The molecule has 1 aromatic carbocycles. The summed E-state index contributed by atoms with van der Waals surface area (Å²) < 4.78 is 24.4. The summed E-state index contributed by atoms with van der Waals surface area (Å²) in [6.45, 7) is 0.260. The maximum absolute atomic E-state index is 11.1. The van der Waals surface area contributed by atoms with Crippen LogP contribution in [0.5, 0.6) is 0 Å². The van der Waals surface area contributed by atoms with Crippen molar-refractivity contribution in [3.05, 3.63) is 29.8 Å². The molecule has 0 aliphatic heterocycles. The minimum atomic E-state index is -3.22. The zero-order valence-corrected chi connectivity index (χ0v) is 10.1. The highest BCUT2D eigenvalue weighted by Crippen LogP contribution is 2.09. The molecule has 0 bridgehead atoms. The molecule has 6 nitrogen and oxygen atoms in total. The van der Waals surface area contributed by atoms with Crippen LogP contribution >= 0.6 is 0 Å². The number of carboxylic acid groups (broad SMARTS) is 1. The summed E-state index contributed by atoms with van der Waals surface area (Å²) in [6, 6.07) is 6.10. The summed E-state index contributed by atoms with van der Waals surface area (Å²) in [5, 5.41) is 11.6. The highest BCUT2D eigenvalue weighted by atomic mass is 32.2. The number of hydrogen-bond acceptors (Lipinski definition) is 4. The van der Waals surface area contributed by atoms with Crippen molar-refractivity contribution in [2.24, 2.45) is 0 Å². The molecule has 7 heteroatoms. The number of rotatable bonds is 6. The van der Waals surface area contributed by atoms with Crippen molar-refractivity contribution in [3.63, 3.8) is 0 Å². The van der Waals surface area contributed by atoms with Crippen LogP contribution in [0, 0.1) is 0 Å². The van der Waals surface area contributed by atoms with Crippen molar-refractivity contribution < 1.29 is 18.3 Å². The molecule has 0 spiro atoms. The van der Waals surface area contributed by atoms with Gasteiger partial charge in [-0.2, -0.15) is 0 Å². The Morgan fingerprint density at radius 3 is 2.35 bits per heavy atom. The fourth-order valence-electron chi connectivity index (χ4n) is 1.16. The Morgan fingerprint density at radius 2 is 1.88 bits per heavy atom. The van der Waals surface area contributed by atoms with Crippen LogP contribution in [-0.4, -0.2) is 38.8 Å². The molecule has 0 aromatic heterocycles. The Morgan fingerprint density at radius 1 is 1.29 bits per heavy atom. The van der Waals surface area contributed by atoms with Gasteiger partial charge in [-0.1, -0.05) is 0 Å². The molecular formula is C10H14N2O4S. The van der Waals surface area contributed by atoms with Gasteiger partial charge in [-0.3, -0.25) is 0 Å². The van der Waals surface area contributed by atoms with Gasteiger partial charge >= 0.3 is 5.97 Å². The number of carbonyl (C=O) groups is 1. The van der Waals surface area contributed by atoms with Crippen molar-refractivity contribution in [3.8, 4) is 0 Å². The fraction of sp³-hybridized carbons (Fsp3) is 0.300. The molecule has 3 N–H and O–H groups in total. The van der Waals surface area contributed by atoms with Gasteiger partial charge in [-0.05, 0) is 31.3 Å². The normalized spacial score (nSPS) is 11.1. The van der Waals surface area contributed by atoms with Crippen LogP contribution < -0.4 is 10.0 Å². The zero-order chi connectivity index (χ0) is 12.9. The number of nitrogens with one attached hydrogen (secondary N) is 2. The fourth-order valence-corrected chi connectivity index (χ4v) is 1.74. The number of aromatic carboxylic acids is 1. The number of anilines is 1. The van der Waals surface area contributed by atoms with E-state index in [-0.39, 0.29) is 17.9 Å². The Kier molecular flexibility index (Phi) is 4.47. The predicted octanol–water partition coefficient (Wildman–Crippen LogP) is 0.346. The first kappa shape index (κ1) is 13.5. The Balaban J connectivity index is 2.51. The third-order valence-corrected chi connectivity index (χ3v) is 3.51. The molecule has 0 aliphatic rings. The summed E-state index contributed by atoms with van der Waals surface area (Å²) in [7, 11) is -1.86. The summed E-state index contributed by atoms with van der Waals surface area (Å²) in [5.41, 5.74) is 0.875. The van der Waals surface area contributed by atoms with Crippen LogP contribution in [0.4, 0.5) is 5.69 Å². The first-order chi connectivity index (χ1) is 7.94. The van der Waals surface area contributed by atoms with Crippen LogP contribution in [0.15, 0.2) is 24.3 Å². The Hall–Kier alpha value is -1.60. The van der Waals surface area contributed by atoms with E-state index in [2.05, 4.69) is 10.0 Å². The van der Waals surface area contributed by atoms with Gasteiger partial charge < -0.3 is 10.4 Å². The predicted molar refractivity (Wildman–Crippen MR) is 64.7 cm³/mol. The van der Waals surface area contributed by atoms with E-state index in [9.17, 15) is 13.2 Å². The lowest BCUT2D eigenvalue weighted by molar-refractivity contribution is 0.0697. The lowest BCUT2D eigenvalue weighted by Crippen LogP contribution is -2.26. The average Bonchev–Trinajstić information content (AvgIpc) is 2.29. The van der Waals surface area contributed by atoms with Gasteiger partial charge in [0.15, 0.2) is 0 Å². The van der Waals surface area contributed by atoms with Gasteiger partial charge in [0.25, 0.3) is 0 Å². The minimum absolute atomic E-state index is 0.0375. The van der Waals surface area contributed by atoms with E-state index < -0.39 is 16.0 Å². The lowest BCUT2D eigenvalue weighted by Gasteiger charge is -2.06. The van der Waals surface area contributed by atoms with Gasteiger partial charge in [0, 0.05) is 12.2 Å². The standard InChI is InChI=1S/C10H14N2O4S/c1-11-17(15,16)7-6-12-9-4-2-8(3-5-9)10(13)14/h2-5,11-12H,6-7H2,1H3,(H,13,14). The van der Waals surface area contributed by atoms with Gasteiger partial charge in [0.2, 0.25) is 10.0 Å². The molecule has 0 amide bonds. The maximum atomic E-state index is 11.1. The molecule has 0 fully saturated rings. The van der Waals surface area contributed by atoms with Crippen LogP contribution in [0.25, 0.3) is 0 Å². The van der Waals surface area contributed by atoms with E-state index in [1.165, 1.54) is 19.2 Å². The van der Waals surface area contributed by atoms with Crippen molar-refractivity contribution in [1.82, 2.24) is 4.72 Å². The third-order valence-electron chi connectivity index (χ3n) is 2.14. The number of sulfonamides is 1. The molecule has 17 heavy (non-hydrogen) atoms. The van der Waals surface area contributed by atoms with Gasteiger partial charge in [0.1, 0.15) is 0 Å². The molecule has 1 aromatic rings. The third kappa shape index (κ3) is 4.41. The molecular weight excluding hydrogens is 244 g/mol. The number of carboxylic acids is 1. The maximum Gasteiger partial charge on any atom is 0.335 e. The van der Waals surface area contributed by atoms with Crippen LogP contribution in [0.2, 0.25) is 0 Å². The summed E-state index contributed by atoms with van der Waals surface area (Å²) >= 11 is 0. The summed E-state index contributed by atoms with van der Waals surface area (Å²) in [5.74, 6) is -1.03. The SMILES string of the molecule is CNS(=O)(=O)CCNc1ccc(C(=O)O)cc1. The second kappa shape index (κ2) is 5.65. The first-order valence-electron chi connectivity index (χ1n) is 4.93. The minimum Gasteiger partial charge on any atom is -0.478 e. The van der Waals surface area contributed by atoms with Crippen LogP contribution in [0.3, 0.4) is 0 Å². The topological polar surface area (TPSA) is 95.5 Å². The first-order valence-corrected chi connectivity index (χ1v) is 6.58. The molecule has 0 unspecified atom stereocenters. The quantitative estimate of drug-likeness (QED) is 0.684. The Labute approximate surface area is 99.7 Å². The summed E-state index contributed by atoms with van der Waals surface area (Å²) in [4.78, 5) is 10.6. The largest absolute Gasteiger partial charge is 0.478 e. The van der Waals surface area contributed by atoms with Crippen molar-refractivity contribution in [2.75, 3.05) is 24.7 Å². The molecule has 0 saturated heterocycles. The lowest BCUT2D eigenvalue weighted by atomic mass is 10.2. The van der Waals surface area contributed by atoms with Gasteiger partial charge in [-0.15, -0.1) is 0 Å². The molecule has 0 heterocycles. The van der Waals surface area contributed by atoms with Gasteiger partial charge in [0.05, 0.1) is 11.3 Å². The highest BCUT2D eigenvalue weighted by molar-refractivity contribution is 7.89. The van der Waals surface area contributed by atoms with Gasteiger partial charge in [-0.25, -0.2) is 17.9 Å². The Bertz CT molecular complexity index is 482. The molecule has 94 valence electrons. The van der Waals surface area contributed by atoms with E-state index in [0.29, 0.717) is 5.69 Å². The molecule has 0 aliphatic carbocycles. The average molecular weight is 258 g/mol. The van der Waals surface area contributed by atoms with E-state index >= 15 is 0 Å². The monoisotopic (exact) mass is 258 g/mol. The number of benzene rings is 1. The molecule has 1 rings (SSSR count). The number of hydrogen-bond donors (Lipinski definition) is 3. The smallest absolute Gasteiger partial charge is 0.335 e. The summed E-state index contributed by atoms with van der Waals surface area (Å²) in [6.07, 6.45) is 0. The van der Waals surface area contributed by atoms with Crippen LogP contribution in [-0.2, 0) is 10.0 Å². The van der Waals surface area contributed by atoms with E-state index in [1.807, 2.05) is 0 Å². The van der Waals surface area contributed by atoms with E-state index in [1.54, 1.807) is 12.1 Å². The molecule has 0 atom stereocenters. The highest BCUT2D eigenvalue weighted by Gasteiger charge is 2.06. The molecule has 0 radical (unpaired) electrons. The second-order valence-corrected chi connectivity index (χ2v) is 5.38. The zero-order valence-electron chi connectivity index (χ0n) is 9.30. The molecule has 0 saturated carbocycles. The van der Waals surface area contributed by atoms with E-state index in [0.717, 1.165) is 0 Å². The second-order valence-electron chi connectivity index (χ2n) is 3.33. The van der Waals surface area contributed by atoms with Crippen molar-refractivity contribution in [1.29, 1.82) is 0 Å². The van der Waals surface area contributed by atoms with Crippen LogP contribution in [0.1, 0.15) is 10.4 Å².